The zero-order valence-electron chi connectivity index (χ0n) is 19.9. The zero-order valence-corrected chi connectivity index (χ0v) is 20.7. The summed E-state index contributed by atoms with van der Waals surface area (Å²) in [5, 5.41) is 6.40. The van der Waals surface area contributed by atoms with Gasteiger partial charge in [-0.15, -0.1) is 0 Å². The number of carbonyl (C=O) groups is 1. The first-order chi connectivity index (χ1) is 17.8. The van der Waals surface area contributed by atoms with Crippen LogP contribution in [0, 0.1) is 5.92 Å². The fourth-order valence-corrected chi connectivity index (χ4v) is 6.13. The molecule has 38 heavy (non-hydrogen) atoms. The first kappa shape index (κ1) is 28.2. The summed E-state index contributed by atoms with van der Waals surface area (Å²) >= 11 is 0. The topological polar surface area (TPSA) is 113 Å². The SMILES string of the molecule is O=CC1CCN(S(=O)(=O)N2CCC(Nc3ncc(C(F)(F)F)c(-c4cnn(CC(F)(F)F)c4)n3)CC2)CC1. The number of hydrogen-bond donors (Lipinski definition) is 1. The average Bonchev–Trinajstić information content (AvgIpc) is 3.30. The van der Waals surface area contributed by atoms with Crippen molar-refractivity contribution in [2.75, 3.05) is 31.5 Å². The van der Waals surface area contributed by atoms with Gasteiger partial charge in [-0.1, -0.05) is 0 Å². The lowest BCUT2D eigenvalue weighted by Crippen LogP contribution is -2.51. The molecule has 0 spiro atoms. The molecule has 0 unspecified atom stereocenters. The van der Waals surface area contributed by atoms with E-state index in [2.05, 4.69) is 20.4 Å². The third-order valence-corrected chi connectivity index (χ3v) is 8.51. The van der Waals surface area contributed by atoms with Crippen molar-refractivity contribution in [3.05, 3.63) is 24.2 Å². The summed E-state index contributed by atoms with van der Waals surface area (Å²) in [6.07, 6.45) is -4.81. The smallest absolute Gasteiger partial charge is 0.351 e. The second-order valence-electron chi connectivity index (χ2n) is 9.19. The van der Waals surface area contributed by atoms with Gasteiger partial charge in [0.05, 0.1) is 11.9 Å². The maximum absolute atomic E-state index is 13.6. The Hall–Kier alpha value is -2.79. The Morgan fingerprint density at radius 1 is 0.974 bits per heavy atom. The van der Waals surface area contributed by atoms with E-state index in [0.29, 0.717) is 36.6 Å². The summed E-state index contributed by atoms with van der Waals surface area (Å²) in [6.45, 7) is -0.644. The molecular weight excluding hydrogens is 544 g/mol. The monoisotopic (exact) mass is 569 g/mol. The number of carbonyl (C=O) groups excluding carboxylic acids is 1. The van der Waals surface area contributed by atoms with Gasteiger partial charge < -0.3 is 10.1 Å². The Bertz CT molecular complexity index is 1230. The van der Waals surface area contributed by atoms with Crippen molar-refractivity contribution >= 4 is 22.4 Å². The molecular formula is C21H25F6N7O3S. The molecule has 2 fully saturated rings. The normalized spacial score (nSPS) is 19.5. The van der Waals surface area contributed by atoms with Crippen LogP contribution in [0.25, 0.3) is 11.3 Å². The van der Waals surface area contributed by atoms with Crippen LogP contribution in [0.3, 0.4) is 0 Å². The summed E-state index contributed by atoms with van der Waals surface area (Å²) in [6, 6.07) is -0.347. The van der Waals surface area contributed by atoms with E-state index in [9.17, 15) is 39.6 Å². The zero-order chi connectivity index (χ0) is 27.7. The Balaban J connectivity index is 1.44. The van der Waals surface area contributed by atoms with Crippen LogP contribution in [0.5, 0.6) is 0 Å². The molecule has 2 aromatic rings. The van der Waals surface area contributed by atoms with Crippen molar-refractivity contribution in [3.63, 3.8) is 0 Å². The molecule has 0 atom stereocenters. The van der Waals surface area contributed by atoms with Gasteiger partial charge in [-0.25, -0.2) is 9.97 Å². The van der Waals surface area contributed by atoms with Crippen LogP contribution in [-0.2, 0) is 27.7 Å². The van der Waals surface area contributed by atoms with Gasteiger partial charge >= 0.3 is 12.4 Å². The van der Waals surface area contributed by atoms with E-state index in [0.717, 1.165) is 18.7 Å². The van der Waals surface area contributed by atoms with Crippen LogP contribution in [-0.4, -0.2) is 81.5 Å². The van der Waals surface area contributed by atoms with Gasteiger partial charge in [0.1, 0.15) is 18.4 Å². The Morgan fingerprint density at radius 2 is 1.58 bits per heavy atom. The summed E-state index contributed by atoms with van der Waals surface area (Å²) in [4.78, 5) is 18.6. The maximum Gasteiger partial charge on any atom is 0.419 e. The Morgan fingerprint density at radius 3 is 2.13 bits per heavy atom. The van der Waals surface area contributed by atoms with Crippen molar-refractivity contribution in [1.82, 2.24) is 28.4 Å². The summed E-state index contributed by atoms with van der Waals surface area (Å²) in [7, 11) is -3.71. The van der Waals surface area contributed by atoms with E-state index < -0.39 is 40.4 Å². The largest absolute Gasteiger partial charge is 0.419 e. The van der Waals surface area contributed by atoms with Crippen molar-refractivity contribution in [3.8, 4) is 11.3 Å². The number of rotatable bonds is 7. The fourth-order valence-electron chi connectivity index (χ4n) is 4.45. The minimum atomic E-state index is -4.86. The third-order valence-electron chi connectivity index (χ3n) is 6.47. The number of halogens is 6. The van der Waals surface area contributed by atoms with Crippen molar-refractivity contribution in [2.45, 2.75) is 50.6 Å². The summed E-state index contributed by atoms with van der Waals surface area (Å²) in [5.41, 5.74) is -2.11. The number of nitrogens with zero attached hydrogens (tertiary/aromatic N) is 6. The standard InChI is InChI=1S/C21H25F6N7O3S/c22-20(23,24)13-32-11-15(9-29-32)18-17(21(25,26)27)10-28-19(31-18)30-16-3-7-34(8-4-16)38(36,37)33-5-1-14(12-35)2-6-33/h9-12,14,16H,1-8,13H2,(H,28,30,31). The number of aldehydes is 1. The molecule has 4 rings (SSSR count). The van der Waals surface area contributed by atoms with Gasteiger partial charge in [-0.2, -0.15) is 48.5 Å². The minimum Gasteiger partial charge on any atom is -0.351 e. The van der Waals surface area contributed by atoms with Crippen molar-refractivity contribution in [2.24, 2.45) is 5.92 Å². The first-order valence-electron chi connectivity index (χ1n) is 11.8. The second-order valence-corrected chi connectivity index (χ2v) is 11.1. The van der Waals surface area contributed by atoms with E-state index in [1.807, 2.05) is 0 Å². The van der Waals surface area contributed by atoms with E-state index in [-0.39, 0.29) is 49.7 Å². The maximum atomic E-state index is 13.6. The van der Waals surface area contributed by atoms with Gasteiger partial charge in [0.2, 0.25) is 5.95 Å². The molecule has 2 saturated heterocycles. The highest BCUT2D eigenvalue weighted by Crippen LogP contribution is 2.36. The predicted octanol–water partition coefficient (Wildman–Crippen LogP) is 2.95. The minimum absolute atomic E-state index is 0.149. The molecule has 0 saturated carbocycles. The van der Waals surface area contributed by atoms with E-state index in [4.69, 9.17) is 0 Å². The molecule has 1 N–H and O–H groups in total. The molecule has 10 nitrogen and oxygen atoms in total. The van der Waals surface area contributed by atoms with Crippen LogP contribution >= 0.6 is 0 Å². The second kappa shape index (κ2) is 10.8. The van der Waals surface area contributed by atoms with Crippen LogP contribution in [0.4, 0.5) is 32.3 Å². The van der Waals surface area contributed by atoms with Gasteiger partial charge in [0.25, 0.3) is 10.2 Å². The van der Waals surface area contributed by atoms with E-state index in [1.165, 1.54) is 8.61 Å². The highest BCUT2D eigenvalue weighted by molar-refractivity contribution is 7.86. The van der Waals surface area contributed by atoms with Crippen LogP contribution in [0.15, 0.2) is 18.6 Å². The molecule has 2 aliphatic rings. The lowest BCUT2D eigenvalue weighted by molar-refractivity contribution is -0.142. The van der Waals surface area contributed by atoms with Gasteiger partial charge in [0, 0.05) is 56.1 Å². The molecule has 0 aliphatic carbocycles. The molecule has 210 valence electrons. The van der Waals surface area contributed by atoms with Gasteiger partial charge in [-0.3, -0.25) is 4.68 Å². The fraction of sp³-hybridized carbons (Fsp3) is 0.619. The molecule has 0 aromatic carbocycles. The molecule has 2 aromatic heterocycles. The molecule has 0 radical (unpaired) electrons. The lowest BCUT2D eigenvalue weighted by Gasteiger charge is -2.37. The summed E-state index contributed by atoms with van der Waals surface area (Å²) < 4.78 is 108. The highest BCUT2D eigenvalue weighted by Gasteiger charge is 2.38. The Kier molecular flexibility index (Phi) is 7.99. The van der Waals surface area contributed by atoms with Crippen molar-refractivity contribution in [1.29, 1.82) is 0 Å². The number of anilines is 1. The van der Waals surface area contributed by atoms with Crippen LogP contribution < -0.4 is 5.32 Å². The molecule has 0 bridgehead atoms. The molecule has 17 heteroatoms. The van der Waals surface area contributed by atoms with Crippen molar-refractivity contribution < 1.29 is 39.6 Å². The molecule has 0 amide bonds. The van der Waals surface area contributed by atoms with Crippen LogP contribution in [0.2, 0.25) is 0 Å². The average molecular weight is 570 g/mol. The van der Waals surface area contributed by atoms with Gasteiger partial charge in [-0.05, 0) is 25.7 Å². The van der Waals surface area contributed by atoms with E-state index >= 15 is 0 Å². The Labute approximate surface area is 214 Å². The number of hydrogen-bond acceptors (Lipinski definition) is 7. The first-order valence-corrected chi connectivity index (χ1v) is 13.2. The van der Waals surface area contributed by atoms with Crippen LogP contribution in [0.1, 0.15) is 31.2 Å². The number of piperidine rings is 2. The quantitative estimate of drug-likeness (QED) is 0.403. The third kappa shape index (κ3) is 6.61. The van der Waals surface area contributed by atoms with E-state index in [1.54, 1.807) is 0 Å². The lowest BCUT2D eigenvalue weighted by atomic mass is 10.0. The molecule has 2 aliphatic heterocycles. The highest BCUT2D eigenvalue weighted by atomic mass is 32.2. The number of alkyl halides is 6. The molecule has 4 heterocycles. The number of nitrogens with one attached hydrogen (secondary N) is 1. The number of aromatic nitrogens is 4. The van der Waals surface area contributed by atoms with Gasteiger partial charge in [0.15, 0.2) is 0 Å². The summed E-state index contributed by atoms with van der Waals surface area (Å²) in [5.74, 6) is -0.321. The predicted molar refractivity (Wildman–Crippen MR) is 122 cm³/mol.